The second kappa shape index (κ2) is 6.66. The van der Waals surface area contributed by atoms with E-state index in [-0.39, 0.29) is 0 Å². The van der Waals surface area contributed by atoms with Crippen LogP contribution in [0.1, 0.15) is 23.2 Å². The highest BCUT2D eigenvalue weighted by Gasteiger charge is 2.31. The van der Waals surface area contributed by atoms with Gasteiger partial charge in [0.25, 0.3) is 10.0 Å². The number of fused-ring (bicyclic) bond motifs is 3. The molecule has 6 heteroatoms. The lowest BCUT2D eigenvalue weighted by atomic mass is 9.91. The lowest BCUT2D eigenvalue weighted by Gasteiger charge is -2.29. The lowest BCUT2D eigenvalue weighted by Crippen LogP contribution is -2.34. The van der Waals surface area contributed by atoms with E-state index in [4.69, 9.17) is 11.6 Å². The molecule has 142 valence electrons. The van der Waals surface area contributed by atoms with Crippen molar-refractivity contribution in [3.05, 3.63) is 64.3 Å². The molecule has 0 saturated heterocycles. The van der Waals surface area contributed by atoms with Gasteiger partial charge in [-0.25, -0.2) is 12.4 Å². The van der Waals surface area contributed by atoms with Crippen LogP contribution >= 0.6 is 11.6 Å². The topological polar surface area (TPSA) is 42.3 Å². The zero-order valence-corrected chi connectivity index (χ0v) is 17.3. The molecule has 1 atom stereocenters. The molecule has 1 unspecified atom stereocenters. The molecule has 0 spiro atoms. The molecule has 0 N–H and O–H groups in total. The summed E-state index contributed by atoms with van der Waals surface area (Å²) >= 11 is 6.25. The van der Waals surface area contributed by atoms with Crippen LogP contribution in [-0.2, 0) is 22.9 Å². The van der Waals surface area contributed by atoms with Crippen LogP contribution in [0.5, 0.6) is 0 Å². The Bertz CT molecular complexity index is 1120. The summed E-state index contributed by atoms with van der Waals surface area (Å²) in [7, 11) is 0.477. The number of likely N-dealkylation sites (N-methyl/N-ethyl adjacent to an activating group) is 1. The maximum Gasteiger partial charge on any atom is 0.268 e. The molecule has 0 fully saturated rings. The van der Waals surface area contributed by atoms with Crippen molar-refractivity contribution in [2.75, 3.05) is 14.1 Å². The number of halogens is 1. The zero-order chi connectivity index (χ0) is 19.3. The molecule has 0 aliphatic heterocycles. The Hall–Kier alpha value is -1.82. The highest BCUT2D eigenvalue weighted by Crippen LogP contribution is 2.37. The van der Waals surface area contributed by atoms with Gasteiger partial charge in [-0.1, -0.05) is 29.3 Å². The summed E-state index contributed by atoms with van der Waals surface area (Å²) in [6.07, 6.45) is 2.50. The fraction of sp³-hybridized carbons (Fsp3) is 0.333. The largest absolute Gasteiger partial charge is 0.306 e. The molecule has 0 amide bonds. The van der Waals surface area contributed by atoms with E-state index in [0.717, 1.165) is 41.5 Å². The van der Waals surface area contributed by atoms with Crippen LogP contribution in [0.15, 0.2) is 47.4 Å². The van der Waals surface area contributed by atoms with Gasteiger partial charge in [0.15, 0.2) is 0 Å². The van der Waals surface area contributed by atoms with Crippen molar-refractivity contribution in [3.8, 4) is 0 Å². The van der Waals surface area contributed by atoms with Crippen LogP contribution in [-0.4, -0.2) is 37.4 Å². The standard InChI is InChI=1S/C21H23ClN2O2S/c1-14-4-8-17(9-5-14)27(25,26)24-20-10-6-15(22)12-18(20)19-13-16(23(2)3)7-11-21(19)24/h4-6,8-10,12,16H,7,11,13H2,1-3H3. The zero-order valence-electron chi connectivity index (χ0n) is 15.7. The minimum Gasteiger partial charge on any atom is -0.306 e. The first-order valence-corrected chi connectivity index (χ1v) is 10.9. The number of benzene rings is 2. The average Bonchev–Trinajstić information content (AvgIpc) is 2.95. The van der Waals surface area contributed by atoms with E-state index in [2.05, 4.69) is 19.0 Å². The molecule has 3 aromatic rings. The second-order valence-electron chi connectivity index (χ2n) is 7.53. The van der Waals surface area contributed by atoms with Crippen molar-refractivity contribution in [1.29, 1.82) is 0 Å². The average molecular weight is 403 g/mol. The van der Waals surface area contributed by atoms with Crippen molar-refractivity contribution >= 4 is 32.5 Å². The van der Waals surface area contributed by atoms with Gasteiger partial charge in [-0.2, -0.15) is 0 Å². The molecule has 27 heavy (non-hydrogen) atoms. The van der Waals surface area contributed by atoms with Gasteiger partial charge in [-0.05, 0) is 76.2 Å². The minimum atomic E-state index is -3.67. The third kappa shape index (κ3) is 3.08. The highest BCUT2D eigenvalue weighted by atomic mass is 35.5. The van der Waals surface area contributed by atoms with Crippen molar-refractivity contribution < 1.29 is 8.42 Å². The summed E-state index contributed by atoms with van der Waals surface area (Å²) < 4.78 is 28.6. The summed E-state index contributed by atoms with van der Waals surface area (Å²) in [5, 5.41) is 1.57. The van der Waals surface area contributed by atoms with E-state index in [1.165, 1.54) is 0 Å². The fourth-order valence-electron chi connectivity index (χ4n) is 4.00. The Kier molecular flexibility index (Phi) is 4.57. The van der Waals surface area contributed by atoms with Crippen LogP contribution in [0.25, 0.3) is 10.9 Å². The van der Waals surface area contributed by atoms with Gasteiger partial charge in [0.05, 0.1) is 10.4 Å². The van der Waals surface area contributed by atoms with Crippen molar-refractivity contribution in [1.82, 2.24) is 8.87 Å². The van der Waals surface area contributed by atoms with Crippen molar-refractivity contribution in [3.63, 3.8) is 0 Å². The maximum absolute atomic E-state index is 13.5. The minimum absolute atomic E-state index is 0.317. The van der Waals surface area contributed by atoms with E-state index in [9.17, 15) is 8.42 Å². The number of aromatic nitrogens is 1. The van der Waals surface area contributed by atoms with Crippen molar-refractivity contribution in [2.24, 2.45) is 0 Å². The summed E-state index contributed by atoms with van der Waals surface area (Å²) in [5.41, 5.74) is 3.75. The summed E-state index contributed by atoms with van der Waals surface area (Å²) in [6, 6.07) is 12.9. The predicted octanol–water partition coefficient (Wildman–Crippen LogP) is 4.26. The molecule has 4 nitrogen and oxygen atoms in total. The van der Waals surface area contributed by atoms with E-state index in [0.29, 0.717) is 21.5 Å². The molecular weight excluding hydrogens is 380 g/mol. The Balaban J connectivity index is 1.98. The highest BCUT2D eigenvalue weighted by molar-refractivity contribution is 7.90. The molecule has 1 aliphatic rings. The molecule has 4 rings (SSSR count). The van der Waals surface area contributed by atoms with Crippen LogP contribution < -0.4 is 0 Å². The van der Waals surface area contributed by atoms with E-state index in [1.54, 1.807) is 22.2 Å². The van der Waals surface area contributed by atoms with Crippen LogP contribution in [0.2, 0.25) is 5.02 Å². The van der Waals surface area contributed by atoms with Gasteiger partial charge >= 0.3 is 0 Å². The number of aryl methyl sites for hydroxylation is 1. The summed E-state index contributed by atoms with van der Waals surface area (Å²) in [6.45, 7) is 1.95. The summed E-state index contributed by atoms with van der Waals surface area (Å²) in [5.74, 6) is 0. The number of hydrogen-bond donors (Lipinski definition) is 0. The van der Waals surface area contributed by atoms with Crippen LogP contribution in [0, 0.1) is 6.92 Å². The third-order valence-electron chi connectivity index (χ3n) is 5.54. The molecule has 2 aromatic carbocycles. The maximum atomic E-state index is 13.5. The van der Waals surface area contributed by atoms with Crippen molar-refractivity contribution in [2.45, 2.75) is 37.1 Å². The van der Waals surface area contributed by atoms with Gasteiger partial charge in [0, 0.05) is 22.1 Å². The predicted molar refractivity (Wildman–Crippen MR) is 110 cm³/mol. The Labute approximate surface area is 165 Å². The van der Waals surface area contributed by atoms with Gasteiger partial charge in [0.1, 0.15) is 0 Å². The quantitative estimate of drug-likeness (QED) is 0.657. The molecule has 0 bridgehead atoms. The summed E-state index contributed by atoms with van der Waals surface area (Å²) in [4.78, 5) is 2.53. The molecular formula is C21H23ClN2O2S. The number of rotatable bonds is 3. The van der Waals surface area contributed by atoms with Gasteiger partial charge in [-0.3, -0.25) is 0 Å². The van der Waals surface area contributed by atoms with E-state index in [1.807, 2.05) is 31.2 Å². The Morgan fingerprint density at radius 2 is 1.81 bits per heavy atom. The fourth-order valence-corrected chi connectivity index (χ4v) is 5.78. The SMILES string of the molecule is Cc1ccc(S(=O)(=O)n2c3c(c4cc(Cl)ccc42)CC(N(C)C)CC3)cc1. The monoisotopic (exact) mass is 402 g/mol. The molecule has 1 aliphatic carbocycles. The smallest absolute Gasteiger partial charge is 0.268 e. The van der Waals surface area contributed by atoms with Gasteiger partial charge < -0.3 is 4.90 Å². The normalized spacial score (nSPS) is 17.4. The molecule has 1 aromatic heterocycles. The van der Waals surface area contributed by atoms with E-state index < -0.39 is 10.0 Å². The first-order valence-electron chi connectivity index (χ1n) is 9.09. The van der Waals surface area contributed by atoms with Gasteiger partial charge in [-0.15, -0.1) is 0 Å². The first-order chi connectivity index (χ1) is 12.8. The molecule has 1 heterocycles. The van der Waals surface area contributed by atoms with Crippen LogP contribution in [0.3, 0.4) is 0 Å². The third-order valence-corrected chi connectivity index (χ3v) is 7.54. The lowest BCUT2D eigenvalue weighted by molar-refractivity contribution is 0.267. The molecule has 0 saturated carbocycles. The molecule has 0 radical (unpaired) electrons. The van der Waals surface area contributed by atoms with Gasteiger partial charge in [0.2, 0.25) is 0 Å². The number of nitrogens with zero attached hydrogens (tertiary/aromatic N) is 2. The second-order valence-corrected chi connectivity index (χ2v) is 9.75. The van der Waals surface area contributed by atoms with Crippen LogP contribution in [0.4, 0.5) is 0 Å². The Morgan fingerprint density at radius 3 is 2.48 bits per heavy atom. The Morgan fingerprint density at radius 1 is 1.11 bits per heavy atom. The first kappa shape index (κ1) is 18.5. The van der Waals surface area contributed by atoms with E-state index >= 15 is 0 Å². The number of hydrogen-bond acceptors (Lipinski definition) is 3.